The van der Waals surface area contributed by atoms with Gasteiger partial charge in [0.1, 0.15) is 0 Å². The second-order valence-electron chi connectivity index (χ2n) is 5.15. The first-order valence-corrected chi connectivity index (χ1v) is 6.64. The quantitative estimate of drug-likeness (QED) is 0.871. The summed E-state index contributed by atoms with van der Waals surface area (Å²) < 4.78 is 26.0. The minimum atomic E-state index is -0.911. The van der Waals surface area contributed by atoms with Crippen LogP contribution in [0.25, 0.3) is 0 Å². The van der Waals surface area contributed by atoms with Crippen LogP contribution in [0.2, 0.25) is 0 Å². The summed E-state index contributed by atoms with van der Waals surface area (Å²) in [6.45, 7) is 6.49. The van der Waals surface area contributed by atoms with Gasteiger partial charge in [-0.15, -0.1) is 0 Å². The predicted octanol–water partition coefficient (Wildman–Crippen LogP) is 1.54. The number of hydrogen-bond donors (Lipinski definition) is 2. The second-order valence-corrected chi connectivity index (χ2v) is 5.15. The summed E-state index contributed by atoms with van der Waals surface area (Å²) in [5.74, 6) is -1.82. The van der Waals surface area contributed by atoms with Crippen molar-refractivity contribution >= 4 is 0 Å². The maximum absolute atomic E-state index is 13.2. The van der Waals surface area contributed by atoms with Gasteiger partial charge < -0.3 is 15.3 Å². The van der Waals surface area contributed by atoms with E-state index < -0.39 is 17.7 Å². The van der Waals surface area contributed by atoms with Gasteiger partial charge in [-0.2, -0.15) is 0 Å². The first-order chi connectivity index (χ1) is 9.08. The SMILES string of the molecule is CC(CN1CCNCC1)C(O)c1ccc(F)c(F)c1. The van der Waals surface area contributed by atoms with E-state index in [1.807, 2.05) is 6.92 Å². The molecule has 1 aromatic rings. The minimum absolute atomic E-state index is 0.0250. The molecule has 1 fully saturated rings. The molecule has 1 aliphatic rings. The van der Waals surface area contributed by atoms with E-state index in [1.165, 1.54) is 6.07 Å². The Kier molecular flexibility index (Phi) is 4.85. The summed E-state index contributed by atoms with van der Waals surface area (Å²) in [7, 11) is 0. The van der Waals surface area contributed by atoms with Crippen LogP contribution in [0.5, 0.6) is 0 Å². The Morgan fingerprint density at radius 2 is 1.95 bits per heavy atom. The van der Waals surface area contributed by atoms with Gasteiger partial charge in [-0.3, -0.25) is 0 Å². The van der Waals surface area contributed by atoms with E-state index in [2.05, 4.69) is 10.2 Å². The van der Waals surface area contributed by atoms with Gasteiger partial charge in [-0.1, -0.05) is 13.0 Å². The van der Waals surface area contributed by atoms with Gasteiger partial charge in [0.2, 0.25) is 0 Å². The molecule has 5 heteroatoms. The molecule has 1 aliphatic heterocycles. The zero-order valence-corrected chi connectivity index (χ0v) is 11.1. The summed E-state index contributed by atoms with van der Waals surface area (Å²) in [5.41, 5.74) is 0.432. The summed E-state index contributed by atoms with van der Waals surface area (Å²) in [5, 5.41) is 13.5. The first-order valence-electron chi connectivity index (χ1n) is 6.64. The van der Waals surface area contributed by atoms with E-state index in [1.54, 1.807) is 0 Å². The number of aliphatic hydroxyl groups excluding tert-OH is 1. The van der Waals surface area contributed by atoms with Crippen molar-refractivity contribution in [1.29, 1.82) is 0 Å². The molecule has 0 saturated carbocycles. The van der Waals surface area contributed by atoms with Crippen molar-refractivity contribution < 1.29 is 13.9 Å². The molecule has 1 saturated heterocycles. The largest absolute Gasteiger partial charge is 0.388 e. The first kappa shape index (κ1) is 14.4. The summed E-state index contributed by atoms with van der Waals surface area (Å²) in [6.07, 6.45) is -0.773. The number of benzene rings is 1. The van der Waals surface area contributed by atoms with Crippen molar-refractivity contribution in [2.24, 2.45) is 5.92 Å². The van der Waals surface area contributed by atoms with Crippen molar-refractivity contribution in [3.05, 3.63) is 35.4 Å². The molecule has 0 aliphatic carbocycles. The molecule has 2 unspecified atom stereocenters. The fourth-order valence-electron chi connectivity index (χ4n) is 2.43. The topological polar surface area (TPSA) is 35.5 Å². The lowest BCUT2D eigenvalue weighted by molar-refractivity contribution is 0.0839. The number of piperazine rings is 1. The van der Waals surface area contributed by atoms with E-state index in [0.717, 1.165) is 44.9 Å². The Labute approximate surface area is 112 Å². The number of nitrogens with zero attached hydrogens (tertiary/aromatic N) is 1. The molecule has 0 spiro atoms. The van der Waals surface area contributed by atoms with E-state index in [4.69, 9.17) is 0 Å². The van der Waals surface area contributed by atoms with Crippen LogP contribution >= 0.6 is 0 Å². The van der Waals surface area contributed by atoms with Gasteiger partial charge in [0.15, 0.2) is 11.6 Å². The lowest BCUT2D eigenvalue weighted by atomic mass is 9.96. The van der Waals surface area contributed by atoms with Crippen LogP contribution in [0.4, 0.5) is 8.78 Å². The van der Waals surface area contributed by atoms with Crippen molar-refractivity contribution in [2.75, 3.05) is 32.7 Å². The Hall–Kier alpha value is -1.04. The highest BCUT2D eigenvalue weighted by atomic mass is 19.2. The number of aliphatic hydroxyl groups is 1. The number of halogens is 2. The fraction of sp³-hybridized carbons (Fsp3) is 0.571. The number of hydrogen-bond acceptors (Lipinski definition) is 3. The third kappa shape index (κ3) is 3.72. The molecule has 1 heterocycles. The van der Waals surface area contributed by atoms with Crippen molar-refractivity contribution in [2.45, 2.75) is 13.0 Å². The zero-order valence-electron chi connectivity index (χ0n) is 11.1. The Morgan fingerprint density at radius 1 is 1.26 bits per heavy atom. The van der Waals surface area contributed by atoms with Crippen LogP contribution in [0.15, 0.2) is 18.2 Å². The van der Waals surface area contributed by atoms with Gasteiger partial charge in [-0.05, 0) is 23.6 Å². The maximum atomic E-state index is 13.2. The Morgan fingerprint density at radius 3 is 2.58 bits per heavy atom. The van der Waals surface area contributed by atoms with Gasteiger partial charge in [-0.25, -0.2) is 8.78 Å². The van der Waals surface area contributed by atoms with Gasteiger partial charge in [0, 0.05) is 32.7 Å². The standard InChI is InChI=1S/C14H20F2N2O/c1-10(9-18-6-4-17-5-7-18)14(19)11-2-3-12(15)13(16)8-11/h2-3,8,10,14,17,19H,4-7,9H2,1H3. The van der Waals surface area contributed by atoms with Crippen LogP contribution in [0, 0.1) is 17.6 Å². The average molecular weight is 270 g/mol. The molecule has 0 amide bonds. The molecule has 106 valence electrons. The van der Waals surface area contributed by atoms with Crippen LogP contribution in [0.1, 0.15) is 18.6 Å². The molecule has 19 heavy (non-hydrogen) atoms. The van der Waals surface area contributed by atoms with E-state index in [9.17, 15) is 13.9 Å². The molecular weight excluding hydrogens is 250 g/mol. The number of nitrogens with one attached hydrogen (secondary N) is 1. The second kappa shape index (κ2) is 6.41. The monoisotopic (exact) mass is 270 g/mol. The van der Waals surface area contributed by atoms with Crippen molar-refractivity contribution in [1.82, 2.24) is 10.2 Å². The lowest BCUT2D eigenvalue weighted by Gasteiger charge is -2.31. The van der Waals surface area contributed by atoms with Crippen LogP contribution in [-0.4, -0.2) is 42.7 Å². The summed E-state index contributed by atoms with van der Waals surface area (Å²) in [4.78, 5) is 2.27. The van der Waals surface area contributed by atoms with Crippen LogP contribution in [0.3, 0.4) is 0 Å². The summed E-state index contributed by atoms with van der Waals surface area (Å²) >= 11 is 0. The molecule has 2 atom stereocenters. The van der Waals surface area contributed by atoms with Crippen LogP contribution in [-0.2, 0) is 0 Å². The molecule has 2 rings (SSSR count). The Balaban J connectivity index is 1.97. The maximum Gasteiger partial charge on any atom is 0.159 e. The van der Waals surface area contributed by atoms with Gasteiger partial charge in [0.25, 0.3) is 0 Å². The molecule has 2 N–H and O–H groups in total. The molecule has 0 aromatic heterocycles. The predicted molar refractivity (Wildman–Crippen MR) is 69.8 cm³/mol. The molecule has 1 aromatic carbocycles. The zero-order chi connectivity index (χ0) is 13.8. The highest BCUT2D eigenvalue weighted by Gasteiger charge is 2.21. The Bertz CT molecular complexity index is 422. The van der Waals surface area contributed by atoms with Gasteiger partial charge in [0.05, 0.1) is 6.10 Å². The molecule has 0 bridgehead atoms. The third-order valence-electron chi connectivity index (χ3n) is 3.58. The summed E-state index contributed by atoms with van der Waals surface area (Å²) in [6, 6.07) is 3.58. The third-order valence-corrected chi connectivity index (χ3v) is 3.58. The highest BCUT2D eigenvalue weighted by molar-refractivity contribution is 5.20. The van der Waals surface area contributed by atoms with E-state index in [-0.39, 0.29) is 5.92 Å². The lowest BCUT2D eigenvalue weighted by Crippen LogP contribution is -2.45. The number of rotatable bonds is 4. The fourth-order valence-corrected chi connectivity index (χ4v) is 2.43. The smallest absolute Gasteiger partial charge is 0.159 e. The normalized spacial score (nSPS) is 20.2. The van der Waals surface area contributed by atoms with Crippen molar-refractivity contribution in [3.8, 4) is 0 Å². The van der Waals surface area contributed by atoms with E-state index in [0.29, 0.717) is 5.56 Å². The van der Waals surface area contributed by atoms with E-state index >= 15 is 0 Å². The molecular formula is C14H20F2N2O. The molecule has 3 nitrogen and oxygen atoms in total. The van der Waals surface area contributed by atoms with Gasteiger partial charge >= 0.3 is 0 Å². The molecule has 0 radical (unpaired) electrons. The van der Waals surface area contributed by atoms with Crippen LogP contribution < -0.4 is 5.32 Å². The average Bonchev–Trinajstić information content (AvgIpc) is 2.42. The van der Waals surface area contributed by atoms with Crippen molar-refractivity contribution in [3.63, 3.8) is 0 Å². The minimum Gasteiger partial charge on any atom is -0.388 e. The highest BCUT2D eigenvalue weighted by Crippen LogP contribution is 2.24.